The van der Waals surface area contributed by atoms with Crippen LogP contribution in [0.5, 0.6) is 0 Å². The topological polar surface area (TPSA) is 66.8 Å². The second-order valence-electron chi connectivity index (χ2n) is 5.98. The maximum atomic E-state index is 11.9. The van der Waals surface area contributed by atoms with Gasteiger partial charge in [-0.05, 0) is 39.5 Å². The van der Waals surface area contributed by atoms with Crippen LogP contribution in [0, 0.1) is 11.8 Å². The van der Waals surface area contributed by atoms with Gasteiger partial charge in [0.2, 0.25) is 0 Å². The second kappa shape index (κ2) is 3.89. The Hall–Kier alpha value is -1.26. The zero-order chi connectivity index (χ0) is 12.8. The molecule has 5 heteroatoms. The van der Waals surface area contributed by atoms with Crippen LogP contribution in [-0.4, -0.2) is 40.3 Å². The number of carbonyl (C=O) groups is 2. The average Bonchev–Trinajstić information content (AvgIpc) is 2.72. The minimum Gasteiger partial charge on any atom is -0.481 e. The molecule has 0 aromatic heterocycles. The lowest BCUT2D eigenvalue weighted by molar-refractivity contribution is -0.143. The number of hydrogen-bond donors (Lipinski definition) is 1. The van der Waals surface area contributed by atoms with E-state index in [1.165, 1.54) is 0 Å². The number of hydrogen-bond acceptors (Lipinski definition) is 3. The highest BCUT2D eigenvalue weighted by Crippen LogP contribution is 2.42. The van der Waals surface area contributed by atoms with E-state index in [9.17, 15) is 9.59 Å². The van der Waals surface area contributed by atoms with E-state index in [1.54, 1.807) is 4.90 Å². The van der Waals surface area contributed by atoms with Crippen LogP contribution in [0.1, 0.15) is 33.6 Å². The van der Waals surface area contributed by atoms with Crippen molar-refractivity contribution in [2.24, 2.45) is 11.8 Å². The van der Waals surface area contributed by atoms with Gasteiger partial charge < -0.3 is 14.7 Å². The number of carbonyl (C=O) groups excluding carboxylic acids is 1. The van der Waals surface area contributed by atoms with Crippen LogP contribution in [0.3, 0.4) is 0 Å². The maximum absolute atomic E-state index is 11.9. The third kappa shape index (κ3) is 2.37. The van der Waals surface area contributed by atoms with Crippen LogP contribution >= 0.6 is 0 Å². The molecule has 0 radical (unpaired) electrons. The molecular formula is C12H19NO4. The second-order valence-corrected chi connectivity index (χ2v) is 5.98. The number of ether oxygens (including phenoxy) is 1. The molecule has 1 aliphatic heterocycles. The predicted molar refractivity (Wildman–Crippen MR) is 60.6 cm³/mol. The van der Waals surface area contributed by atoms with Gasteiger partial charge in [0, 0.05) is 12.6 Å². The molecule has 1 N–H and O–H groups in total. The Labute approximate surface area is 101 Å². The molecular weight excluding hydrogens is 222 g/mol. The molecule has 1 amide bonds. The summed E-state index contributed by atoms with van der Waals surface area (Å²) in [6, 6.07) is -0.174. The molecule has 96 valence electrons. The summed E-state index contributed by atoms with van der Waals surface area (Å²) in [7, 11) is 0. The molecule has 1 saturated carbocycles. The third-order valence-electron chi connectivity index (χ3n) is 3.43. The van der Waals surface area contributed by atoms with E-state index < -0.39 is 17.5 Å². The molecule has 0 spiro atoms. The predicted octanol–water partition coefficient (Wildman–Crippen LogP) is 1.72. The number of likely N-dealkylation sites (tertiary alicyclic amines) is 1. The van der Waals surface area contributed by atoms with Crippen molar-refractivity contribution in [2.75, 3.05) is 6.54 Å². The zero-order valence-electron chi connectivity index (χ0n) is 10.5. The number of aliphatic carboxylic acids is 1. The Morgan fingerprint density at radius 3 is 2.41 bits per heavy atom. The van der Waals surface area contributed by atoms with E-state index in [1.807, 2.05) is 20.8 Å². The van der Waals surface area contributed by atoms with Gasteiger partial charge in [0.15, 0.2) is 0 Å². The van der Waals surface area contributed by atoms with Crippen LogP contribution < -0.4 is 0 Å². The summed E-state index contributed by atoms with van der Waals surface area (Å²) in [4.78, 5) is 24.6. The van der Waals surface area contributed by atoms with E-state index in [0.29, 0.717) is 18.9 Å². The molecule has 0 unspecified atom stereocenters. The first kappa shape index (κ1) is 12.2. The lowest BCUT2D eigenvalue weighted by Crippen LogP contribution is -2.46. The first-order valence-electron chi connectivity index (χ1n) is 6.00. The molecule has 5 nitrogen and oxygen atoms in total. The standard InChI is InChI=1S/C12H19NO4/c1-12(2,3)17-11(16)13-6-7-4-8(10(14)15)9(13)5-7/h7-9H,4-6H2,1-3H3,(H,14,15)/t7-,8-,9-/m1/s1. The minimum atomic E-state index is -0.800. The first-order chi connectivity index (χ1) is 7.78. The summed E-state index contributed by atoms with van der Waals surface area (Å²) in [5.74, 6) is -0.888. The normalized spacial score (nSPS) is 31.7. The highest BCUT2D eigenvalue weighted by molar-refractivity contribution is 5.75. The summed E-state index contributed by atoms with van der Waals surface area (Å²) < 4.78 is 5.30. The Kier molecular flexibility index (Phi) is 2.79. The number of carboxylic acid groups (broad SMARTS) is 1. The van der Waals surface area contributed by atoms with Crippen molar-refractivity contribution < 1.29 is 19.4 Å². The van der Waals surface area contributed by atoms with Gasteiger partial charge >= 0.3 is 12.1 Å². The lowest BCUT2D eigenvalue weighted by Gasteiger charge is -2.32. The molecule has 3 atom stereocenters. The minimum absolute atomic E-state index is 0.174. The van der Waals surface area contributed by atoms with Crippen molar-refractivity contribution in [3.63, 3.8) is 0 Å². The molecule has 0 aromatic rings. The van der Waals surface area contributed by atoms with E-state index in [4.69, 9.17) is 9.84 Å². The summed E-state index contributed by atoms with van der Waals surface area (Å²) >= 11 is 0. The first-order valence-corrected chi connectivity index (χ1v) is 6.00. The average molecular weight is 241 g/mol. The van der Waals surface area contributed by atoms with Gasteiger partial charge in [0.25, 0.3) is 0 Å². The van der Waals surface area contributed by atoms with Crippen molar-refractivity contribution in [1.29, 1.82) is 0 Å². The molecule has 1 aliphatic carbocycles. The number of nitrogens with zero attached hydrogens (tertiary/aromatic N) is 1. The quantitative estimate of drug-likeness (QED) is 0.759. The third-order valence-corrected chi connectivity index (χ3v) is 3.43. The smallest absolute Gasteiger partial charge is 0.410 e. The van der Waals surface area contributed by atoms with Gasteiger partial charge in [-0.2, -0.15) is 0 Å². The van der Waals surface area contributed by atoms with Crippen molar-refractivity contribution >= 4 is 12.1 Å². The van der Waals surface area contributed by atoms with Crippen LogP contribution in [0.15, 0.2) is 0 Å². The fourth-order valence-corrected chi connectivity index (χ4v) is 2.82. The molecule has 1 saturated heterocycles. The van der Waals surface area contributed by atoms with Crippen molar-refractivity contribution in [2.45, 2.75) is 45.3 Å². The highest BCUT2D eigenvalue weighted by Gasteiger charge is 2.50. The van der Waals surface area contributed by atoms with Crippen LogP contribution in [-0.2, 0) is 9.53 Å². The molecule has 1 heterocycles. The summed E-state index contributed by atoms with van der Waals surface area (Å²) in [6.45, 7) is 6.08. The fraction of sp³-hybridized carbons (Fsp3) is 0.833. The van der Waals surface area contributed by atoms with Gasteiger partial charge in [0.1, 0.15) is 5.60 Å². The van der Waals surface area contributed by atoms with Crippen molar-refractivity contribution in [1.82, 2.24) is 4.90 Å². The Morgan fingerprint density at radius 2 is 1.94 bits per heavy atom. The molecule has 2 fully saturated rings. The zero-order valence-corrected chi connectivity index (χ0v) is 10.5. The summed E-state index contributed by atoms with van der Waals surface area (Å²) in [5.41, 5.74) is -0.530. The molecule has 2 bridgehead atoms. The Morgan fingerprint density at radius 1 is 1.29 bits per heavy atom. The van der Waals surface area contributed by atoms with Crippen LogP contribution in [0.25, 0.3) is 0 Å². The summed E-state index contributed by atoms with van der Waals surface area (Å²) in [6.07, 6.45) is 1.12. The number of rotatable bonds is 1. The molecule has 17 heavy (non-hydrogen) atoms. The van der Waals surface area contributed by atoms with Gasteiger partial charge in [-0.3, -0.25) is 4.79 Å². The fourth-order valence-electron chi connectivity index (χ4n) is 2.82. The maximum Gasteiger partial charge on any atom is 0.410 e. The van der Waals surface area contributed by atoms with E-state index >= 15 is 0 Å². The molecule has 2 rings (SSSR count). The SMILES string of the molecule is CC(C)(C)OC(=O)N1C[C@H]2C[C@@H]1[C@H](C(=O)O)C2. The molecule has 0 aromatic carbocycles. The van der Waals surface area contributed by atoms with E-state index in [0.717, 1.165) is 6.42 Å². The molecule has 2 aliphatic rings. The van der Waals surface area contributed by atoms with Gasteiger partial charge in [-0.25, -0.2) is 4.79 Å². The number of amides is 1. The largest absolute Gasteiger partial charge is 0.481 e. The van der Waals surface area contributed by atoms with Gasteiger partial charge in [0.05, 0.1) is 5.92 Å². The number of piperidine rings is 1. The van der Waals surface area contributed by atoms with Gasteiger partial charge in [-0.1, -0.05) is 0 Å². The lowest BCUT2D eigenvalue weighted by atomic mass is 9.99. The van der Waals surface area contributed by atoms with Crippen molar-refractivity contribution in [3.8, 4) is 0 Å². The van der Waals surface area contributed by atoms with Crippen LogP contribution in [0.4, 0.5) is 4.79 Å². The van der Waals surface area contributed by atoms with E-state index in [-0.39, 0.29) is 12.1 Å². The number of carboxylic acids is 1. The van der Waals surface area contributed by atoms with Crippen molar-refractivity contribution in [3.05, 3.63) is 0 Å². The van der Waals surface area contributed by atoms with Gasteiger partial charge in [-0.15, -0.1) is 0 Å². The Bertz CT molecular complexity index is 347. The number of fused-ring (bicyclic) bond motifs is 2. The monoisotopic (exact) mass is 241 g/mol. The van der Waals surface area contributed by atoms with E-state index in [2.05, 4.69) is 0 Å². The highest BCUT2D eigenvalue weighted by atomic mass is 16.6. The van der Waals surface area contributed by atoms with Crippen LogP contribution in [0.2, 0.25) is 0 Å². The summed E-state index contributed by atoms with van der Waals surface area (Å²) in [5, 5.41) is 9.09. The Balaban J connectivity index is 2.04.